The summed E-state index contributed by atoms with van der Waals surface area (Å²) in [5, 5.41) is 9.20. The lowest BCUT2D eigenvalue weighted by molar-refractivity contribution is 0.0949. The van der Waals surface area contributed by atoms with Crippen LogP contribution in [0.25, 0.3) is 0 Å². The maximum absolute atomic E-state index is 12.1. The van der Waals surface area contributed by atoms with Crippen LogP contribution in [0.15, 0.2) is 17.9 Å². The zero-order valence-electron chi connectivity index (χ0n) is 11.8. The van der Waals surface area contributed by atoms with Crippen molar-refractivity contribution in [2.45, 2.75) is 25.2 Å². The second-order valence-electron chi connectivity index (χ2n) is 5.20. The minimum absolute atomic E-state index is 0.0965. The highest BCUT2D eigenvalue weighted by Crippen LogP contribution is 2.26. The molecule has 0 spiro atoms. The average molecular weight is 305 g/mol. The summed E-state index contributed by atoms with van der Waals surface area (Å²) in [7, 11) is 0. The number of aromatic nitrogens is 3. The summed E-state index contributed by atoms with van der Waals surface area (Å²) in [5.74, 6) is 0.357. The molecule has 0 aromatic carbocycles. The number of thiazole rings is 1. The molecule has 0 aliphatic carbocycles. The zero-order valence-corrected chi connectivity index (χ0v) is 12.6. The Morgan fingerprint density at radius 1 is 1.52 bits per heavy atom. The molecule has 1 aliphatic rings. The summed E-state index contributed by atoms with van der Waals surface area (Å²) in [6.07, 6.45) is 6.48. The second kappa shape index (κ2) is 6.82. The van der Waals surface area contributed by atoms with Gasteiger partial charge < -0.3 is 15.6 Å². The Labute approximate surface area is 127 Å². The molecule has 1 unspecified atom stereocenters. The fourth-order valence-corrected chi connectivity index (χ4v) is 3.40. The van der Waals surface area contributed by atoms with Gasteiger partial charge in [-0.25, -0.2) is 9.97 Å². The van der Waals surface area contributed by atoms with Gasteiger partial charge in [0.1, 0.15) is 5.69 Å². The fraction of sp³-hybridized carbons (Fsp3) is 0.500. The number of hydrogen-bond acceptors (Lipinski definition) is 5. The van der Waals surface area contributed by atoms with Crippen LogP contribution in [0, 0.1) is 0 Å². The van der Waals surface area contributed by atoms with Crippen LogP contribution in [0.1, 0.15) is 39.9 Å². The summed E-state index contributed by atoms with van der Waals surface area (Å²) in [5.41, 5.74) is 1.55. The number of carbonyl (C=O) groups is 1. The molecule has 112 valence electrons. The lowest BCUT2D eigenvalue weighted by atomic mass is 10.0. The van der Waals surface area contributed by atoms with Gasteiger partial charge in [-0.15, -0.1) is 11.3 Å². The molecule has 1 aliphatic heterocycles. The van der Waals surface area contributed by atoms with Crippen molar-refractivity contribution in [3.05, 3.63) is 34.3 Å². The third-order valence-electron chi connectivity index (χ3n) is 3.64. The zero-order chi connectivity index (χ0) is 14.5. The Balaban J connectivity index is 1.51. The second-order valence-corrected chi connectivity index (χ2v) is 6.09. The van der Waals surface area contributed by atoms with E-state index in [1.807, 2.05) is 5.38 Å². The third-order valence-corrected chi connectivity index (χ3v) is 4.64. The number of amides is 1. The molecule has 3 N–H and O–H groups in total. The standard InChI is InChI=1S/C14H19N5OS/c20-13(17-5-3-11-7-16-9-18-11)12-8-21-14(19-12)10-2-1-4-15-6-10/h7-10,15H,1-6H2,(H,16,18)(H,17,20). The van der Waals surface area contributed by atoms with Crippen molar-refractivity contribution in [2.24, 2.45) is 0 Å². The van der Waals surface area contributed by atoms with Gasteiger partial charge in [0.2, 0.25) is 0 Å². The minimum atomic E-state index is -0.0965. The number of H-pyrrole nitrogens is 1. The Bertz CT molecular complexity index is 574. The van der Waals surface area contributed by atoms with Gasteiger partial charge in [0.15, 0.2) is 0 Å². The molecule has 6 nitrogen and oxygen atoms in total. The number of carbonyl (C=O) groups excluding carboxylic acids is 1. The van der Waals surface area contributed by atoms with Crippen molar-refractivity contribution in [1.82, 2.24) is 25.6 Å². The largest absolute Gasteiger partial charge is 0.350 e. The molecule has 2 aromatic heterocycles. The number of nitrogens with one attached hydrogen (secondary N) is 3. The predicted molar refractivity (Wildman–Crippen MR) is 81.6 cm³/mol. The number of rotatable bonds is 5. The lowest BCUT2D eigenvalue weighted by Gasteiger charge is -2.20. The number of imidazole rings is 1. The van der Waals surface area contributed by atoms with E-state index in [1.165, 1.54) is 6.42 Å². The number of nitrogens with zero attached hydrogens (tertiary/aromatic N) is 2. The molecule has 1 atom stereocenters. The molecular weight excluding hydrogens is 286 g/mol. The van der Waals surface area contributed by atoms with E-state index in [9.17, 15) is 4.79 Å². The molecule has 2 aromatic rings. The highest BCUT2D eigenvalue weighted by Gasteiger charge is 2.20. The van der Waals surface area contributed by atoms with Crippen LogP contribution in [0.2, 0.25) is 0 Å². The van der Waals surface area contributed by atoms with Crippen LogP contribution >= 0.6 is 11.3 Å². The molecule has 1 fully saturated rings. The molecule has 21 heavy (non-hydrogen) atoms. The van der Waals surface area contributed by atoms with Gasteiger partial charge in [-0.3, -0.25) is 4.79 Å². The van der Waals surface area contributed by atoms with E-state index in [1.54, 1.807) is 23.9 Å². The Kier molecular flexibility index (Phi) is 4.62. The summed E-state index contributed by atoms with van der Waals surface area (Å²) < 4.78 is 0. The van der Waals surface area contributed by atoms with E-state index >= 15 is 0 Å². The summed E-state index contributed by atoms with van der Waals surface area (Å²) in [6.45, 7) is 2.64. The van der Waals surface area contributed by atoms with Crippen molar-refractivity contribution in [3.63, 3.8) is 0 Å². The van der Waals surface area contributed by atoms with E-state index < -0.39 is 0 Å². The van der Waals surface area contributed by atoms with Crippen molar-refractivity contribution >= 4 is 17.2 Å². The van der Waals surface area contributed by atoms with Gasteiger partial charge in [0, 0.05) is 42.7 Å². The number of hydrogen-bond donors (Lipinski definition) is 3. The van der Waals surface area contributed by atoms with Crippen LogP contribution in [0.5, 0.6) is 0 Å². The maximum Gasteiger partial charge on any atom is 0.270 e. The quantitative estimate of drug-likeness (QED) is 0.778. The lowest BCUT2D eigenvalue weighted by Crippen LogP contribution is -2.29. The molecule has 0 bridgehead atoms. The van der Waals surface area contributed by atoms with Gasteiger partial charge in [0.25, 0.3) is 5.91 Å². The van der Waals surface area contributed by atoms with Crippen LogP contribution < -0.4 is 10.6 Å². The van der Waals surface area contributed by atoms with E-state index in [0.29, 0.717) is 18.2 Å². The summed E-state index contributed by atoms with van der Waals surface area (Å²) in [4.78, 5) is 23.5. The summed E-state index contributed by atoms with van der Waals surface area (Å²) >= 11 is 1.59. The van der Waals surface area contributed by atoms with Gasteiger partial charge in [-0.2, -0.15) is 0 Å². The maximum atomic E-state index is 12.1. The number of aromatic amines is 1. The molecule has 0 saturated carbocycles. The van der Waals surface area contributed by atoms with Crippen LogP contribution in [-0.4, -0.2) is 40.5 Å². The van der Waals surface area contributed by atoms with E-state index in [0.717, 1.165) is 36.6 Å². The van der Waals surface area contributed by atoms with Crippen molar-refractivity contribution < 1.29 is 4.79 Å². The molecule has 7 heteroatoms. The van der Waals surface area contributed by atoms with E-state index in [2.05, 4.69) is 25.6 Å². The van der Waals surface area contributed by atoms with E-state index in [4.69, 9.17) is 0 Å². The molecular formula is C14H19N5OS. The average Bonchev–Trinajstić information content (AvgIpc) is 3.20. The first-order chi connectivity index (χ1) is 10.3. The molecule has 1 saturated heterocycles. The Morgan fingerprint density at radius 2 is 2.48 bits per heavy atom. The number of piperidine rings is 1. The van der Waals surface area contributed by atoms with Crippen molar-refractivity contribution in [1.29, 1.82) is 0 Å². The highest BCUT2D eigenvalue weighted by atomic mass is 32.1. The van der Waals surface area contributed by atoms with Crippen LogP contribution in [0.3, 0.4) is 0 Å². The topological polar surface area (TPSA) is 82.7 Å². The molecule has 3 heterocycles. The molecule has 3 rings (SSSR count). The smallest absolute Gasteiger partial charge is 0.270 e. The van der Waals surface area contributed by atoms with Gasteiger partial charge in [0.05, 0.1) is 11.3 Å². The fourth-order valence-electron chi connectivity index (χ4n) is 2.46. The summed E-state index contributed by atoms with van der Waals surface area (Å²) in [6, 6.07) is 0. The van der Waals surface area contributed by atoms with E-state index in [-0.39, 0.29) is 5.91 Å². The SMILES string of the molecule is O=C(NCCc1cnc[nH]1)c1csc(C2CCCNC2)n1. The van der Waals surface area contributed by atoms with Gasteiger partial charge >= 0.3 is 0 Å². The van der Waals surface area contributed by atoms with Crippen molar-refractivity contribution in [3.8, 4) is 0 Å². The Hall–Kier alpha value is -1.73. The Morgan fingerprint density at radius 3 is 3.24 bits per heavy atom. The van der Waals surface area contributed by atoms with Crippen molar-refractivity contribution in [2.75, 3.05) is 19.6 Å². The molecule has 1 amide bonds. The predicted octanol–water partition coefficient (Wildman–Crippen LogP) is 1.31. The first-order valence-electron chi connectivity index (χ1n) is 7.24. The molecule has 0 radical (unpaired) electrons. The third kappa shape index (κ3) is 3.68. The van der Waals surface area contributed by atoms with Crippen LogP contribution in [0.4, 0.5) is 0 Å². The monoisotopic (exact) mass is 305 g/mol. The van der Waals surface area contributed by atoms with Crippen LogP contribution in [-0.2, 0) is 6.42 Å². The van der Waals surface area contributed by atoms with Gasteiger partial charge in [-0.1, -0.05) is 0 Å². The normalized spacial score (nSPS) is 18.6. The first-order valence-corrected chi connectivity index (χ1v) is 8.12. The van der Waals surface area contributed by atoms with Gasteiger partial charge in [-0.05, 0) is 19.4 Å². The first kappa shape index (κ1) is 14.2. The highest BCUT2D eigenvalue weighted by molar-refractivity contribution is 7.09. The minimum Gasteiger partial charge on any atom is -0.350 e.